The van der Waals surface area contributed by atoms with Gasteiger partial charge in [0, 0.05) is 37.8 Å². The molecule has 0 unspecified atom stereocenters. The molecule has 0 aliphatic carbocycles. The lowest BCUT2D eigenvalue weighted by atomic mass is 9.90. The first-order chi connectivity index (χ1) is 10.7. The van der Waals surface area contributed by atoms with Gasteiger partial charge in [0.1, 0.15) is 5.76 Å². The van der Waals surface area contributed by atoms with Gasteiger partial charge in [-0.3, -0.25) is 4.79 Å². The molecule has 2 aliphatic heterocycles. The molecule has 3 rings (SSSR count). The molecule has 3 heterocycles. The SMILES string of the molecule is Cc1noc(C)c1CCC(=O)N1CCC[C@H]1C1CCOCC1. The summed E-state index contributed by atoms with van der Waals surface area (Å²) in [7, 11) is 0. The summed E-state index contributed by atoms with van der Waals surface area (Å²) in [5, 5.41) is 3.97. The molecule has 2 aliphatic rings. The van der Waals surface area contributed by atoms with Crippen molar-refractivity contribution in [2.75, 3.05) is 19.8 Å². The van der Waals surface area contributed by atoms with Crippen LogP contribution in [0.3, 0.4) is 0 Å². The molecule has 0 saturated carbocycles. The zero-order valence-electron chi connectivity index (χ0n) is 13.6. The fourth-order valence-electron chi connectivity index (χ4n) is 3.93. The zero-order chi connectivity index (χ0) is 15.5. The van der Waals surface area contributed by atoms with Crippen molar-refractivity contribution in [2.45, 2.75) is 58.4 Å². The average molecular weight is 306 g/mol. The lowest BCUT2D eigenvalue weighted by molar-refractivity contribution is -0.133. The Morgan fingerprint density at radius 2 is 2.05 bits per heavy atom. The number of carbonyl (C=O) groups is 1. The Kier molecular flexibility index (Phi) is 4.81. The van der Waals surface area contributed by atoms with Crippen molar-refractivity contribution < 1.29 is 14.1 Å². The second-order valence-corrected chi connectivity index (χ2v) is 6.55. The van der Waals surface area contributed by atoms with E-state index in [1.54, 1.807) is 0 Å². The van der Waals surface area contributed by atoms with E-state index in [1.807, 2.05) is 13.8 Å². The summed E-state index contributed by atoms with van der Waals surface area (Å²) in [6.45, 7) is 6.48. The predicted molar refractivity (Wildman–Crippen MR) is 82.6 cm³/mol. The third-order valence-corrected chi connectivity index (χ3v) is 5.20. The monoisotopic (exact) mass is 306 g/mol. The number of nitrogens with zero attached hydrogens (tertiary/aromatic N) is 2. The molecule has 1 aromatic rings. The highest BCUT2D eigenvalue weighted by Crippen LogP contribution is 2.31. The van der Waals surface area contributed by atoms with Gasteiger partial charge in [0.15, 0.2) is 0 Å². The van der Waals surface area contributed by atoms with Crippen molar-refractivity contribution in [3.63, 3.8) is 0 Å². The van der Waals surface area contributed by atoms with Crippen LogP contribution in [0.2, 0.25) is 0 Å². The first kappa shape index (κ1) is 15.5. The highest BCUT2D eigenvalue weighted by atomic mass is 16.5. The maximum absolute atomic E-state index is 12.7. The molecule has 5 nitrogen and oxygen atoms in total. The minimum atomic E-state index is 0.286. The maximum Gasteiger partial charge on any atom is 0.223 e. The smallest absolute Gasteiger partial charge is 0.223 e. The summed E-state index contributed by atoms with van der Waals surface area (Å²) in [5.41, 5.74) is 2.00. The molecule has 5 heteroatoms. The highest BCUT2D eigenvalue weighted by Gasteiger charge is 2.35. The minimum Gasteiger partial charge on any atom is -0.381 e. The van der Waals surface area contributed by atoms with Crippen LogP contribution in [0.4, 0.5) is 0 Å². The zero-order valence-corrected chi connectivity index (χ0v) is 13.6. The van der Waals surface area contributed by atoms with E-state index in [2.05, 4.69) is 10.1 Å². The van der Waals surface area contributed by atoms with Gasteiger partial charge in [0.2, 0.25) is 5.91 Å². The van der Waals surface area contributed by atoms with Gasteiger partial charge in [0.05, 0.1) is 5.69 Å². The fourth-order valence-corrected chi connectivity index (χ4v) is 3.93. The Hall–Kier alpha value is -1.36. The number of likely N-dealkylation sites (tertiary alicyclic amines) is 1. The van der Waals surface area contributed by atoms with Crippen molar-refractivity contribution in [3.05, 3.63) is 17.0 Å². The van der Waals surface area contributed by atoms with E-state index >= 15 is 0 Å². The molecule has 1 atom stereocenters. The minimum absolute atomic E-state index is 0.286. The van der Waals surface area contributed by atoms with Crippen LogP contribution in [-0.2, 0) is 16.0 Å². The topological polar surface area (TPSA) is 55.6 Å². The van der Waals surface area contributed by atoms with Crippen LogP contribution in [-0.4, -0.2) is 41.8 Å². The van der Waals surface area contributed by atoms with E-state index in [1.165, 1.54) is 0 Å². The van der Waals surface area contributed by atoms with Gasteiger partial charge in [-0.05, 0) is 51.9 Å². The molecule has 22 heavy (non-hydrogen) atoms. The molecule has 2 fully saturated rings. The Morgan fingerprint density at radius 3 is 2.73 bits per heavy atom. The van der Waals surface area contributed by atoms with Gasteiger partial charge in [-0.1, -0.05) is 5.16 Å². The summed E-state index contributed by atoms with van der Waals surface area (Å²) in [5.74, 6) is 1.75. The number of rotatable bonds is 4. The summed E-state index contributed by atoms with van der Waals surface area (Å²) in [4.78, 5) is 14.8. The molecule has 122 valence electrons. The number of amides is 1. The van der Waals surface area contributed by atoms with Crippen LogP contribution in [0.15, 0.2) is 4.52 Å². The Bertz CT molecular complexity index is 500. The largest absolute Gasteiger partial charge is 0.381 e. The Labute approximate surface area is 132 Å². The lowest BCUT2D eigenvalue weighted by Crippen LogP contribution is -2.42. The van der Waals surface area contributed by atoms with E-state index in [-0.39, 0.29) is 5.91 Å². The standard InChI is InChI=1S/C17H26N2O3/c1-12-15(13(2)22-18-12)5-6-17(20)19-9-3-4-16(19)14-7-10-21-11-8-14/h14,16H,3-11H2,1-2H3/t16-/m0/s1. The normalized spacial score (nSPS) is 23.2. The average Bonchev–Trinajstić information content (AvgIpc) is 3.14. The van der Waals surface area contributed by atoms with E-state index in [0.717, 1.165) is 68.9 Å². The first-order valence-corrected chi connectivity index (χ1v) is 8.45. The number of aryl methyl sites for hydroxylation is 2. The van der Waals surface area contributed by atoms with Gasteiger partial charge < -0.3 is 14.2 Å². The van der Waals surface area contributed by atoms with Crippen LogP contribution < -0.4 is 0 Å². The van der Waals surface area contributed by atoms with Crippen LogP contribution in [0.5, 0.6) is 0 Å². The summed E-state index contributed by atoms with van der Waals surface area (Å²) in [6.07, 6.45) is 5.77. The molecule has 2 saturated heterocycles. The van der Waals surface area contributed by atoms with Gasteiger partial charge in [-0.2, -0.15) is 0 Å². The summed E-state index contributed by atoms with van der Waals surface area (Å²) in [6, 6.07) is 0.432. The number of carbonyl (C=O) groups excluding carboxylic acids is 1. The Morgan fingerprint density at radius 1 is 1.27 bits per heavy atom. The van der Waals surface area contributed by atoms with Crippen molar-refractivity contribution >= 4 is 5.91 Å². The van der Waals surface area contributed by atoms with Gasteiger partial charge in [-0.15, -0.1) is 0 Å². The third-order valence-electron chi connectivity index (χ3n) is 5.20. The van der Waals surface area contributed by atoms with Crippen molar-refractivity contribution in [1.29, 1.82) is 0 Å². The van der Waals surface area contributed by atoms with Gasteiger partial charge in [-0.25, -0.2) is 0 Å². The van der Waals surface area contributed by atoms with Crippen LogP contribution >= 0.6 is 0 Å². The molecule has 0 spiro atoms. The lowest BCUT2D eigenvalue weighted by Gasteiger charge is -2.34. The number of aromatic nitrogens is 1. The van der Waals surface area contributed by atoms with Crippen LogP contribution in [0.1, 0.15) is 49.1 Å². The molecule has 0 N–H and O–H groups in total. The third kappa shape index (κ3) is 3.19. The molecule has 0 radical (unpaired) electrons. The van der Waals surface area contributed by atoms with E-state index in [4.69, 9.17) is 9.26 Å². The molecule has 1 aromatic heterocycles. The van der Waals surface area contributed by atoms with Crippen molar-refractivity contribution in [3.8, 4) is 0 Å². The van der Waals surface area contributed by atoms with Crippen LogP contribution in [0, 0.1) is 19.8 Å². The van der Waals surface area contributed by atoms with Crippen molar-refractivity contribution in [2.24, 2.45) is 5.92 Å². The quantitative estimate of drug-likeness (QED) is 0.858. The Balaban J connectivity index is 1.59. The summed E-state index contributed by atoms with van der Waals surface area (Å²) >= 11 is 0. The van der Waals surface area contributed by atoms with Crippen LogP contribution in [0.25, 0.3) is 0 Å². The van der Waals surface area contributed by atoms with E-state index < -0.39 is 0 Å². The number of ether oxygens (including phenoxy) is 1. The van der Waals surface area contributed by atoms with Crippen molar-refractivity contribution in [1.82, 2.24) is 10.1 Å². The highest BCUT2D eigenvalue weighted by molar-refractivity contribution is 5.77. The molecule has 0 aromatic carbocycles. The molecular formula is C17H26N2O3. The second-order valence-electron chi connectivity index (χ2n) is 6.55. The maximum atomic E-state index is 12.7. The van der Waals surface area contributed by atoms with E-state index in [0.29, 0.717) is 18.4 Å². The number of hydrogen-bond acceptors (Lipinski definition) is 4. The molecule has 0 bridgehead atoms. The molecule has 1 amide bonds. The van der Waals surface area contributed by atoms with Gasteiger partial charge in [0.25, 0.3) is 0 Å². The van der Waals surface area contributed by atoms with E-state index in [9.17, 15) is 4.79 Å². The summed E-state index contributed by atoms with van der Waals surface area (Å²) < 4.78 is 10.6. The molecular weight excluding hydrogens is 280 g/mol. The first-order valence-electron chi connectivity index (χ1n) is 8.45. The predicted octanol–water partition coefficient (Wildman–Crippen LogP) is 2.64. The fraction of sp³-hybridized carbons (Fsp3) is 0.765. The number of hydrogen-bond donors (Lipinski definition) is 0. The second kappa shape index (κ2) is 6.82. The van der Waals surface area contributed by atoms with Gasteiger partial charge >= 0.3 is 0 Å².